The zero-order chi connectivity index (χ0) is 25.6. The summed E-state index contributed by atoms with van der Waals surface area (Å²) in [6, 6.07) is 49.0. The predicted molar refractivity (Wildman–Crippen MR) is 162 cm³/mol. The molecule has 4 heteroatoms. The predicted octanol–water partition coefficient (Wildman–Crippen LogP) is 7.61. The second-order valence-corrected chi connectivity index (χ2v) is 18.1. The molecule has 0 aromatic heterocycles. The Labute approximate surface area is 227 Å². The Morgan fingerprint density at radius 2 is 0.973 bits per heavy atom. The second kappa shape index (κ2) is 10.9. The average molecular weight is 569 g/mol. The minimum absolute atomic E-state index is 0.501. The summed E-state index contributed by atoms with van der Waals surface area (Å²) in [5, 5.41) is 0.703. The van der Waals surface area contributed by atoms with Gasteiger partial charge in [0.1, 0.15) is 0 Å². The molecule has 0 radical (unpaired) electrons. The number of rotatable bonds is 9. The van der Waals surface area contributed by atoms with Gasteiger partial charge < -0.3 is 0 Å². The van der Waals surface area contributed by atoms with Gasteiger partial charge in [0.25, 0.3) is 0 Å². The van der Waals surface area contributed by atoms with Crippen LogP contribution in [-0.2, 0) is 12.8 Å². The summed E-state index contributed by atoms with van der Waals surface area (Å²) in [6.07, 6.45) is 0.766. The standard InChI is InChI=1S/C33H30BrO2P/c1-35-29-22-28(23-30(24-29)36-25-27-14-6-2-7-15-27)26-37(34,31-16-8-3-9-17-31,32-18-10-4-11-19-32)33-20-12-5-13-21-33/h2-24H,25-26H2,1H3. The van der Waals surface area contributed by atoms with E-state index < -0.39 is 5.31 Å². The molecule has 5 rings (SSSR count). The van der Waals surface area contributed by atoms with Crippen molar-refractivity contribution in [1.82, 2.24) is 0 Å². The van der Waals surface area contributed by atoms with E-state index in [1.165, 1.54) is 15.9 Å². The zero-order valence-corrected chi connectivity index (χ0v) is 23.3. The van der Waals surface area contributed by atoms with Gasteiger partial charge in [-0.05, 0) is 0 Å². The van der Waals surface area contributed by atoms with Gasteiger partial charge in [0, 0.05) is 0 Å². The Morgan fingerprint density at radius 1 is 0.541 bits per heavy atom. The summed E-state index contributed by atoms with van der Waals surface area (Å²) in [4.78, 5) is 0. The molecule has 2 nitrogen and oxygen atoms in total. The molecule has 0 N–H and O–H groups in total. The van der Waals surface area contributed by atoms with E-state index in [9.17, 15) is 0 Å². The molecule has 0 aliphatic carbocycles. The van der Waals surface area contributed by atoms with Crippen molar-refractivity contribution in [3.05, 3.63) is 151 Å². The summed E-state index contributed by atoms with van der Waals surface area (Å²) >= 11 is 4.55. The van der Waals surface area contributed by atoms with Gasteiger partial charge in [0.15, 0.2) is 0 Å². The van der Waals surface area contributed by atoms with Gasteiger partial charge >= 0.3 is 228 Å². The van der Waals surface area contributed by atoms with Gasteiger partial charge in [-0.15, -0.1) is 0 Å². The topological polar surface area (TPSA) is 18.5 Å². The van der Waals surface area contributed by atoms with Crippen LogP contribution in [0.4, 0.5) is 0 Å². The van der Waals surface area contributed by atoms with E-state index in [4.69, 9.17) is 9.47 Å². The van der Waals surface area contributed by atoms with Crippen LogP contribution in [0.3, 0.4) is 0 Å². The van der Waals surface area contributed by atoms with Crippen LogP contribution in [0.5, 0.6) is 11.5 Å². The monoisotopic (exact) mass is 568 g/mol. The molecule has 5 aromatic rings. The molecule has 0 unspecified atom stereocenters. The molecule has 5 aromatic carbocycles. The summed E-state index contributed by atoms with van der Waals surface area (Å²) in [7, 11) is 1.71. The summed E-state index contributed by atoms with van der Waals surface area (Å²) in [5.74, 6) is 1.58. The third-order valence-electron chi connectivity index (χ3n) is 6.79. The maximum absolute atomic E-state index is 6.26. The van der Waals surface area contributed by atoms with Gasteiger partial charge in [-0.1, -0.05) is 0 Å². The van der Waals surface area contributed by atoms with E-state index in [0.717, 1.165) is 28.8 Å². The first-order valence-corrected chi connectivity index (χ1v) is 16.8. The van der Waals surface area contributed by atoms with Gasteiger partial charge in [-0.3, -0.25) is 0 Å². The van der Waals surface area contributed by atoms with E-state index in [0.29, 0.717) is 6.61 Å². The minimum atomic E-state index is -3.13. The van der Waals surface area contributed by atoms with Crippen molar-refractivity contribution in [2.75, 3.05) is 7.11 Å². The third kappa shape index (κ3) is 5.07. The van der Waals surface area contributed by atoms with E-state index >= 15 is 0 Å². The summed E-state index contributed by atoms with van der Waals surface area (Å²) < 4.78 is 12.0. The van der Waals surface area contributed by atoms with Gasteiger partial charge in [0.2, 0.25) is 0 Å². The molecule has 0 saturated carbocycles. The Morgan fingerprint density at radius 3 is 1.43 bits per heavy atom. The quantitative estimate of drug-likeness (QED) is 0.170. The SMILES string of the molecule is COc1cc(CP(Br)(c2ccccc2)(c2ccccc2)c2ccccc2)cc(OCc2ccccc2)c1. The Kier molecular flexibility index (Phi) is 7.46. The normalized spacial score (nSPS) is 12.3. The molecule has 186 valence electrons. The molecule has 37 heavy (non-hydrogen) atoms. The second-order valence-electron chi connectivity index (χ2n) is 9.14. The molecule has 0 aliphatic heterocycles. The van der Waals surface area contributed by atoms with Crippen LogP contribution in [0.1, 0.15) is 11.1 Å². The zero-order valence-electron chi connectivity index (χ0n) is 20.8. The first-order valence-electron chi connectivity index (χ1n) is 12.3. The van der Waals surface area contributed by atoms with Crippen molar-refractivity contribution < 1.29 is 9.47 Å². The van der Waals surface area contributed by atoms with Crippen LogP contribution in [-0.4, -0.2) is 7.11 Å². The average Bonchev–Trinajstić information content (AvgIpc) is 2.98. The fraction of sp³-hybridized carbons (Fsp3) is 0.0909. The van der Waals surface area contributed by atoms with Crippen molar-refractivity contribution in [1.29, 1.82) is 0 Å². The molecule has 0 bridgehead atoms. The molecule has 0 heterocycles. The summed E-state index contributed by atoms with van der Waals surface area (Å²) in [6.45, 7) is 0.501. The molecule has 0 spiro atoms. The number of ether oxygens (including phenoxy) is 2. The van der Waals surface area contributed by atoms with E-state index in [1.807, 2.05) is 24.3 Å². The van der Waals surface area contributed by atoms with Crippen molar-refractivity contribution in [3.8, 4) is 11.5 Å². The molecule has 0 amide bonds. The van der Waals surface area contributed by atoms with Crippen LogP contribution in [0.15, 0.2) is 140 Å². The molecule has 0 saturated heterocycles. The fourth-order valence-electron chi connectivity index (χ4n) is 4.94. The van der Waals surface area contributed by atoms with Crippen LogP contribution in [0, 0.1) is 0 Å². The molecular formula is C33H30BrO2P. The van der Waals surface area contributed by atoms with E-state index in [-0.39, 0.29) is 0 Å². The Hall–Kier alpha value is -3.39. The first kappa shape index (κ1) is 25.3. The van der Waals surface area contributed by atoms with Gasteiger partial charge in [-0.2, -0.15) is 0 Å². The number of benzene rings is 5. The number of hydrogen-bond acceptors (Lipinski definition) is 2. The summed E-state index contributed by atoms with van der Waals surface area (Å²) in [5.41, 5.74) is 2.28. The van der Waals surface area contributed by atoms with Crippen LogP contribution >= 0.6 is 20.8 Å². The first-order chi connectivity index (χ1) is 18.1. The van der Waals surface area contributed by atoms with Gasteiger partial charge in [-0.25, -0.2) is 0 Å². The molecular weight excluding hydrogens is 539 g/mol. The number of methoxy groups -OCH3 is 1. The van der Waals surface area contributed by atoms with Crippen molar-refractivity contribution >= 4 is 36.7 Å². The Bertz CT molecular complexity index is 1340. The molecule has 0 fully saturated rings. The van der Waals surface area contributed by atoms with Crippen molar-refractivity contribution in [2.24, 2.45) is 0 Å². The fourth-order valence-corrected chi connectivity index (χ4v) is 12.6. The third-order valence-corrected chi connectivity index (χ3v) is 16.3. The number of halogens is 1. The van der Waals surface area contributed by atoms with Gasteiger partial charge in [0.05, 0.1) is 0 Å². The van der Waals surface area contributed by atoms with E-state index in [1.54, 1.807) is 7.11 Å². The van der Waals surface area contributed by atoms with Crippen LogP contribution in [0.2, 0.25) is 0 Å². The Balaban J connectivity index is 1.67. The molecule has 0 atom stereocenters. The molecule has 0 aliphatic rings. The maximum atomic E-state index is 6.26. The van der Waals surface area contributed by atoms with Crippen molar-refractivity contribution in [2.45, 2.75) is 12.8 Å². The van der Waals surface area contributed by atoms with Crippen molar-refractivity contribution in [3.63, 3.8) is 0 Å². The van der Waals surface area contributed by atoms with E-state index in [2.05, 4.69) is 131 Å². The van der Waals surface area contributed by atoms with Crippen LogP contribution in [0.25, 0.3) is 0 Å². The van der Waals surface area contributed by atoms with Crippen LogP contribution < -0.4 is 25.4 Å². The number of hydrogen-bond donors (Lipinski definition) is 0.